The fourth-order valence-electron chi connectivity index (χ4n) is 5.73. The van der Waals surface area contributed by atoms with Crippen LogP contribution in [0, 0.1) is 5.82 Å². The summed E-state index contributed by atoms with van der Waals surface area (Å²) in [5.41, 5.74) is 9.89. The van der Waals surface area contributed by atoms with Gasteiger partial charge in [0.15, 0.2) is 17.2 Å². The zero-order valence-electron chi connectivity index (χ0n) is 24.2. The first-order chi connectivity index (χ1) is 20.5. The number of aromatic nitrogens is 1. The molecule has 4 heterocycles. The molecule has 0 saturated carbocycles. The van der Waals surface area contributed by atoms with Crippen LogP contribution in [0.3, 0.4) is 0 Å². The molecule has 0 radical (unpaired) electrons. The number of halogens is 1. The number of piperazine rings is 1. The Morgan fingerprint density at radius 3 is 2.52 bits per heavy atom. The molecule has 1 aromatic heterocycles. The van der Waals surface area contributed by atoms with Gasteiger partial charge >= 0.3 is 0 Å². The van der Waals surface area contributed by atoms with Gasteiger partial charge in [-0.05, 0) is 42.8 Å². The predicted molar refractivity (Wildman–Crippen MR) is 160 cm³/mol. The van der Waals surface area contributed by atoms with Gasteiger partial charge in [0.25, 0.3) is 0 Å². The van der Waals surface area contributed by atoms with Crippen LogP contribution in [0.25, 0.3) is 11.8 Å². The van der Waals surface area contributed by atoms with Crippen molar-refractivity contribution in [2.75, 3.05) is 65.4 Å². The molecule has 0 aliphatic carbocycles. The lowest BCUT2D eigenvalue weighted by molar-refractivity contribution is 0.0118. The van der Waals surface area contributed by atoms with Crippen LogP contribution in [0.5, 0.6) is 17.2 Å². The summed E-state index contributed by atoms with van der Waals surface area (Å²) in [6.07, 6.45) is 5.46. The molecule has 10 heteroatoms. The van der Waals surface area contributed by atoms with Gasteiger partial charge in [0, 0.05) is 68.5 Å². The van der Waals surface area contributed by atoms with Gasteiger partial charge in [0.1, 0.15) is 24.2 Å². The third-order valence-corrected chi connectivity index (χ3v) is 7.87. The van der Waals surface area contributed by atoms with E-state index in [1.165, 1.54) is 17.7 Å². The molecule has 0 amide bonds. The van der Waals surface area contributed by atoms with Crippen LogP contribution in [0.4, 0.5) is 15.8 Å². The fraction of sp³-hybridized carbons (Fsp3) is 0.344. The number of nitrogens with one attached hydrogen (secondary N) is 2. The van der Waals surface area contributed by atoms with Crippen molar-refractivity contribution in [1.29, 1.82) is 0 Å². The maximum absolute atomic E-state index is 13.2. The highest BCUT2D eigenvalue weighted by atomic mass is 19.1. The van der Waals surface area contributed by atoms with E-state index in [0.717, 1.165) is 67.4 Å². The van der Waals surface area contributed by atoms with E-state index in [4.69, 9.17) is 19.0 Å². The lowest BCUT2D eigenvalue weighted by Crippen LogP contribution is -2.49. The summed E-state index contributed by atoms with van der Waals surface area (Å²) in [5.74, 6) is 1.62. The number of nitrogens with zero attached hydrogens (tertiary/aromatic N) is 3. The van der Waals surface area contributed by atoms with Crippen LogP contribution in [0.2, 0.25) is 0 Å². The first kappa shape index (κ1) is 28.0. The average molecular weight is 574 g/mol. The van der Waals surface area contributed by atoms with Crippen LogP contribution < -0.4 is 25.0 Å². The molecule has 2 aromatic carbocycles. The monoisotopic (exact) mass is 573 g/mol. The number of fused-ring (bicyclic) bond motifs is 2. The Balaban J connectivity index is 1.13. The second-order valence-electron chi connectivity index (χ2n) is 10.7. The summed E-state index contributed by atoms with van der Waals surface area (Å²) in [6, 6.07) is 12.3. The van der Waals surface area contributed by atoms with E-state index in [0.29, 0.717) is 29.5 Å². The summed E-state index contributed by atoms with van der Waals surface area (Å²) in [7, 11) is 3.24. The summed E-state index contributed by atoms with van der Waals surface area (Å²) >= 11 is 0. The lowest BCUT2D eigenvalue weighted by Gasteiger charge is -2.36. The molecule has 3 aromatic rings. The fourth-order valence-corrected chi connectivity index (χ4v) is 5.73. The number of benzene rings is 2. The van der Waals surface area contributed by atoms with E-state index in [1.807, 2.05) is 30.3 Å². The van der Waals surface area contributed by atoms with Crippen molar-refractivity contribution in [2.24, 2.45) is 0 Å². The second kappa shape index (κ2) is 12.4. The van der Waals surface area contributed by atoms with E-state index in [2.05, 4.69) is 38.6 Å². The van der Waals surface area contributed by atoms with E-state index < -0.39 is 0 Å². The van der Waals surface area contributed by atoms with E-state index in [-0.39, 0.29) is 11.9 Å². The number of methoxy groups -OCH3 is 2. The summed E-state index contributed by atoms with van der Waals surface area (Å²) in [5, 5.41) is 3.42. The van der Waals surface area contributed by atoms with Crippen LogP contribution in [0.15, 0.2) is 66.0 Å². The van der Waals surface area contributed by atoms with Gasteiger partial charge in [-0.25, -0.2) is 4.39 Å². The summed E-state index contributed by atoms with van der Waals surface area (Å²) in [6.45, 7) is 8.07. The second-order valence-corrected chi connectivity index (χ2v) is 10.7. The minimum absolute atomic E-state index is 0.121. The Labute approximate surface area is 245 Å². The highest BCUT2D eigenvalue weighted by Crippen LogP contribution is 2.50. The van der Waals surface area contributed by atoms with Crippen molar-refractivity contribution >= 4 is 23.1 Å². The normalized spacial score (nSPS) is 19.0. The quantitative estimate of drug-likeness (QED) is 0.378. The molecule has 42 heavy (non-hydrogen) atoms. The zero-order valence-corrected chi connectivity index (χ0v) is 24.2. The molecule has 0 bridgehead atoms. The van der Waals surface area contributed by atoms with Crippen molar-refractivity contribution in [3.8, 4) is 17.2 Å². The number of ether oxygens (including phenoxy) is 3. The van der Waals surface area contributed by atoms with Crippen molar-refractivity contribution in [1.82, 2.24) is 20.3 Å². The first-order valence-electron chi connectivity index (χ1n) is 14.1. The molecule has 0 spiro atoms. The third-order valence-electron chi connectivity index (χ3n) is 7.87. The van der Waals surface area contributed by atoms with E-state index in [9.17, 15) is 4.39 Å². The topological polar surface area (TPSA) is 80.3 Å². The maximum Gasteiger partial charge on any atom is 0.188 e. The number of hydrogen-bond acceptors (Lipinski definition) is 9. The Hall–Kier alpha value is -4.12. The summed E-state index contributed by atoms with van der Waals surface area (Å²) in [4.78, 5) is 15.1. The molecular weight excluding hydrogens is 537 g/mol. The largest absolute Gasteiger partial charge is 0.493 e. The van der Waals surface area contributed by atoms with Gasteiger partial charge in [-0.15, -0.1) is 0 Å². The lowest BCUT2D eigenvalue weighted by atomic mass is 9.98. The van der Waals surface area contributed by atoms with Gasteiger partial charge in [-0.3, -0.25) is 25.1 Å². The highest BCUT2D eigenvalue weighted by molar-refractivity contribution is 5.87. The van der Waals surface area contributed by atoms with Gasteiger partial charge in [-0.2, -0.15) is 0 Å². The standard InChI is InChI=1S/C32H36FN5O4/c1-21(16-22-4-6-23(33)7-5-22)18-37-12-14-38(15-13-37)19-28-26-20-41-31-25(29(26)36-42-28)17-27(39-2)32(40-3)30(31)35-24-8-10-34-11-9-24/h4-11,16-17,28,36H,12-15,18-20H2,1-3H3,(H,34,35). The van der Waals surface area contributed by atoms with Crippen LogP contribution in [-0.2, 0) is 4.84 Å². The van der Waals surface area contributed by atoms with Gasteiger partial charge < -0.3 is 19.5 Å². The Kier molecular flexibility index (Phi) is 8.27. The highest BCUT2D eigenvalue weighted by Gasteiger charge is 2.37. The zero-order chi connectivity index (χ0) is 29.1. The van der Waals surface area contributed by atoms with Crippen molar-refractivity contribution in [2.45, 2.75) is 13.0 Å². The minimum atomic E-state index is -0.211. The first-order valence-corrected chi connectivity index (χ1v) is 14.1. The van der Waals surface area contributed by atoms with E-state index in [1.54, 1.807) is 26.6 Å². The molecule has 1 fully saturated rings. The Bertz CT molecular complexity index is 1470. The average Bonchev–Trinajstić information content (AvgIpc) is 3.42. The molecule has 3 aliphatic heterocycles. The van der Waals surface area contributed by atoms with Gasteiger partial charge in [0.05, 0.1) is 19.9 Å². The summed E-state index contributed by atoms with van der Waals surface area (Å²) < 4.78 is 31.0. The molecular formula is C32H36FN5O4. The van der Waals surface area contributed by atoms with Gasteiger partial charge in [0.2, 0.25) is 0 Å². The minimum Gasteiger partial charge on any atom is -0.493 e. The van der Waals surface area contributed by atoms with Crippen molar-refractivity contribution < 1.29 is 23.4 Å². The van der Waals surface area contributed by atoms with Crippen LogP contribution in [-0.4, -0.2) is 81.0 Å². The number of rotatable bonds is 9. The van der Waals surface area contributed by atoms with E-state index >= 15 is 0 Å². The van der Waals surface area contributed by atoms with Gasteiger partial charge in [-0.1, -0.05) is 23.8 Å². The number of anilines is 2. The smallest absolute Gasteiger partial charge is 0.188 e. The number of hydrogen-bond donors (Lipinski definition) is 2. The SMILES string of the molecule is COc1cc2c(c(Nc3ccncc3)c1OC)OCC1=C2NOC1CN1CCN(CC(C)=Cc2ccc(F)cc2)CC1. The molecule has 220 valence electrons. The van der Waals surface area contributed by atoms with Crippen LogP contribution in [0.1, 0.15) is 18.1 Å². The predicted octanol–water partition coefficient (Wildman–Crippen LogP) is 4.71. The molecule has 3 aliphatic rings. The molecule has 9 nitrogen and oxygen atoms in total. The molecule has 1 unspecified atom stereocenters. The molecule has 2 N–H and O–H groups in total. The van der Waals surface area contributed by atoms with Crippen molar-refractivity contribution in [3.05, 3.63) is 82.9 Å². The Morgan fingerprint density at radius 1 is 1.07 bits per heavy atom. The maximum atomic E-state index is 13.2. The molecule has 1 saturated heterocycles. The number of pyridine rings is 1. The van der Waals surface area contributed by atoms with Crippen LogP contribution >= 0.6 is 0 Å². The number of hydroxylamine groups is 1. The Morgan fingerprint density at radius 2 is 1.81 bits per heavy atom. The third kappa shape index (κ3) is 5.92. The molecule has 6 rings (SSSR count). The molecule has 1 atom stereocenters. The van der Waals surface area contributed by atoms with Crippen molar-refractivity contribution in [3.63, 3.8) is 0 Å².